The number of aryl methyl sites for hydroxylation is 2. The number of ether oxygens (including phenoxy) is 1. The molecule has 7 heteroatoms. The van der Waals surface area contributed by atoms with Crippen molar-refractivity contribution in [3.8, 4) is 0 Å². The molecule has 0 fully saturated rings. The highest BCUT2D eigenvalue weighted by Crippen LogP contribution is 2.38. The Morgan fingerprint density at radius 3 is 2.73 bits per heavy atom. The number of pyridine rings is 1. The second kappa shape index (κ2) is 7.37. The predicted octanol–water partition coefficient (Wildman–Crippen LogP) is 4.08. The maximum Gasteiger partial charge on any atom is 0.348 e. The summed E-state index contributed by atoms with van der Waals surface area (Å²) in [6.07, 6.45) is 3.64. The van der Waals surface area contributed by atoms with Gasteiger partial charge in [-0.15, -0.1) is 11.3 Å². The van der Waals surface area contributed by atoms with Gasteiger partial charge in [0.2, 0.25) is 0 Å². The Kier molecular flexibility index (Phi) is 5.18. The van der Waals surface area contributed by atoms with Crippen molar-refractivity contribution in [3.05, 3.63) is 46.4 Å². The van der Waals surface area contributed by atoms with Crippen LogP contribution in [-0.2, 0) is 4.74 Å². The molecule has 0 N–H and O–H groups in total. The van der Waals surface area contributed by atoms with E-state index in [-0.39, 0.29) is 12.0 Å². The number of esters is 1. The molecule has 3 aromatic heterocycles. The van der Waals surface area contributed by atoms with Crippen LogP contribution in [-0.4, -0.2) is 34.6 Å². The third kappa shape index (κ3) is 3.14. The van der Waals surface area contributed by atoms with E-state index in [4.69, 9.17) is 9.72 Å². The fourth-order valence-corrected chi connectivity index (χ4v) is 4.27. The second-order valence-electron chi connectivity index (χ2n) is 6.07. The zero-order chi connectivity index (χ0) is 18.8. The number of fused-ring (bicyclic) bond motifs is 1. The Morgan fingerprint density at radius 1 is 1.35 bits per heavy atom. The van der Waals surface area contributed by atoms with Gasteiger partial charge >= 0.3 is 5.97 Å². The number of aromatic nitrogens is 3. The van der Waals surface area contributed by atoms with Crippen LogP contribution in [0.1, 0.15) is 46.5 Å². The van der Waals surface area contributed by atoms with E-state index < -0.39 is 0 Å². The van der Waals surface area contributed by atoms with Gasteiger partial charge in [-0.2, -0.15) is 0 Å². The molecule has 0 aliphatic carbocycles. The van der Waals surface area contributed by atoms with E-state index in [0.717, 1.165) is 33.7 Å². The predicted molar refractivity (Wildman–Crippen MR) is 104 cm³/mol. The van der Waals surface area contributed by atoms with Gasteiger partial charge in [0, 0.05) is 18.9 Å². The first-order chi connectivity index (χ1) is 12.5. The highest BCUT2D eigenvalue weighted by Gasteiger charge is 2.25. The lowest BCUT2D eigenvalue weighted by Crippen LogP contribution is -2.28. The molecule has 1 atom stereocenters. The minimum atomic E-state index is -0.336. The summed E-state index contributed by atoms with van der Waals surface area (Å²) in [7, 11) is 1.40. The lowest BCUT2D eigenvalue weighted by Gasteiger charge is -2.30. The van der Waals surface area contributed by atoms with E-state index in [1.54, 1.807) is 6.20 Å². The zero-order valence-electron chi connectivity index (χ0n) is 15.6. The molecular formula is C19H22N4O2S. The summed E-state index contributed by atoms with van der Waals surface area (Å²) in [6.45, 7) is 8.80. The van der Waals surface area contributed by atoms with Crippen LogP contribution in [0.15, 0.2) is 24.5 Å². The van der Waals surface area contributed by atoms with Gasteiger partial charge in [-0.3, -0.25) is 4.98 Å². The van der Waals surface area contributed by atoms with E-state index in [2.05, 4.69) is 34.8 Å². The van der Waals surface area contributed by atoms with E-state index >= 15 is 0 Å². The van der Waals surface area contributed by atoms with Gasteiger partial charge in [-0.25, -0.2) is 14.8 Å². The number of rotatable bonds is 5. The molecule has 3 heterocycles. The normalized spacial score (nSPS) is 12.2. The molecule has 136 valence electrons. The molecule has 3 aromatic rings. The van der Waals surface area contributed by atoms with E-state index in [0.29, 0.717) is 10.7 Å². The minimum Gasteiger partial charge on any atom is -0.465 e. The Morgan fingerprint density at radius 2 is 2.12 bits per heavy atom. The minimum absolute atomic E-state index is 0.0899. The molecule has 0 aromatic carbocycles. The Hall–Kier alpha value is -2.54. The molecule has 0 spiro atoms. The first-order valence-electron chi connectivity index (χ1n) is 8.50. The fourth-order valence-electron chi connectivity index (χ4n) is 3.13. The van der Waals surface area contributed by atoms with Crippen LogP contribution in [0, 0.1) is 13.8 Å². The fraction of sp³-hybridized carbons (Fsp3) is 0.368. The first kappa shape index (κ1) is 18.3. The number of methoxy groups -OCH3 is 1. The summed E-state index contributed by atoms with van der Waals surface area (Å²) >= 11 is 1.36. The van der Waals surface area contributed by atoms with Crippen molar-refractivity contribution in [2.24, 2.45) is 0 Å². The van der Waals surface area contributed by atoms with Crippen LogP contribution < -0.4 is 4.90 Å². The summed E-state index contributed by atoms with van der Waals surface area (Å²) in [5, 5.41) is 0.915. The lowest BCUT2D eigenvalue weighted by atomic mass is 10.1. The number of carbonyl (C=O) groups excluding carboxylic acids is 1. The quantitative estimate of drug-likeness (QED) is 0.631. The highest BCUT2D eigenvalue weighted by molar-refractivity contribution is 7.20. The number of anilines is 1. The molecule has 0 saturated heterocycles. The van der Waals surface area contributed by atoms with Gasteiger partial charge in [0.25, 0.3) is 0 Å². The number of nitrogens with zero attached hydrogens (tertiary/aromatic N) is 4. The van der Waals surface area contributed by atoms with Gasteiger partial charge in [0.1, 0.15) is 21.3 Å². The van der Waals surface area contributed by atoms with Crippen molar-refractivity contribution >= 4 is 33.3 Å². The van der Waals surface area contributed by atoms with Gasteiger partial charge in [0.05, 0.1) is 18.5 Å². The number of carbonyl (C=O) groups is 1. The van der Waals surface area contributed by atoms with Crippen molar-refractivity contribution in [2.45, 2.75) is 33.7 Å². The lowest BCUT2D eigenvalue weighted by molar-refractivity contribution is 0.0605. The Labute approximate surface area is 156 Å². The van der Waals surface area contributed by atoms with Crippen LogP contribution in [0.25, 0.3) is 10.2 Å². The smallest absolute Gasteiger partial charge is 0.348 e. The number of hydrogen-bond acceptors (Lipinski definition) is 7. The first-order valence-corrected chi connectivity index (χ1v) is 9.32. The van der Waals surface area contributed by atoms with Gasteiger partial charge in [-0.05, 0) is 44.9 Å². The summed E-state index contributed by atoms with van der Waals surface area (Å²) < 4.78 is 4.92. The second-order valence-corrected chi connectivity index (χ2v) is 7.07. The monoisotopic (exact) mass is 370 g/mol. The summed E-state index contributed by atoms with van der Waals surface area (Å²) in [4.78, 5) is 29.2. The molecule has 26 heavy (non-hydrogen) atoms. The molecule has 0 saturated carbocycles. The third-order valence-corrected chi connectivity index (χ3v) is 5.67. The molecule has 0 aliphatic rings. The largest absolute Gasteiger partial charge is 0.465 e. The highest BCUT2D eigenvalue weighted by atomic mass is 32.1. The maximum absolute atomic E-state index is 12.1. The molecule has 0 amide bonds. The standard InChI is InChI=1S/C19H22N4O2S/c1-6-23(12(3)14-8-7-9-20-10-14)17-15-11(2)16(19(24)25-5)26-18(15)22-13(4)21-17/h7-10,12H,6H2,1-5H3. The number of thiophene rings is 1. The van der Waals surface area contributed by atoms with Crippen molar-refractivity contribution in [3.63, 3.8) is 0 Å². The van der Waals surface area contributed by atoms with Crippen LogP contribution in [0.3, 0.4) is 0 Å². The summed E-state index contributed by atoms with van der Waals surface area (Å²) in [5.74, 6) is 1.19. The van der Waals surface area contributed by atoms with Crippen LogP contribution in [0.5, 0.6) is 0 Å². The van der Waals surface area contributed by atoms with Crippen molar-refractivity contribution in [1.82, 2.24) is 15.0 Å². The van der Waals surface area contributed by atoms with Crippen LogP contribution in [0.2, 0.25) is 0 Å². The number of hydrogen-bond donors (Lipinski definition) is 0. The molecule has 6 nitrogen and oxygen atoms in total. The van der Waals surface area contributed by atoms with E-state index in [9.17, 15) is 4.79 Å². The van der Waals surface area contributed by atoms with Crippen molar-refractivity contribution in [1.29, 1.82) is 0 Å². The molecule has 3 rings (SSSR count). The molecule has 0 bridgehead atoms. The topological polar surface area (TPSA) is 68.2 Å². The maximum atomic E-state index is 12.1. The van der Waals surface area contributed by atoms with Gasteiger partial charge < -0.3 is 9.64 Å². The SMILES string of the molecule is CCN(c1nc(C)nc2sc(C(=O)OC)c(C)c12)C(C)c1cccnc1. The third-order valence-electron chi connectivity index (χ3n) is 4.50. The summed E-state index contributed by atoms with van der Waals surface area (Å²) in [5.41, 5.74) is 1.98. The van der Waals surface area contributed by atoms with E-state index in [1.165, 1.54) is 18.4 Å². The molecule has 0 radical (unpaired) electrons. The van der Waals surface area contributed by atoms with Crippen LogP contribution in [0.4, 0.5) is 5.82 Å². The molecular weight excluding hydrogens is 348 g/mol. The Balaban J connectivity index is 2.19. The average Bonchev–Trinajstić information content (AvgIpc) is 2.98. The molecule has 1 unspecified atom stereocenters. The van der Waals surface area contributed by atoms with Crippen molar-refractivity contribution in [2.75, 3.05) is 18.6 Å². The molecule has 0 aliphatic heterocycles. The van der Waals surface area contributed by atoms with Crippen LogP contribution >= 0.6 is 11.3 Å². The average molecular weight is 370 g/mol. The van der Waals surface area contributed by atoms with E-state index in [1.807, 2.05) is 26.1 Å². The van der Waals surface area contributed by atoms with Gasteiger partial charge in [0.15, 0.2) is 0 Å². The van der Waals surface area contributed by atoms with Crippen molar-refractivity contribution < 1.29 is 9.53 Å². The Bertz CT molecular complexity index is 940. The van der Waals surface area contributed by atoms with Gasteiger partial charge in [-0.1, -0.05) is 6.07 Å². The summed E-state index contributed by atoms with van der Waals surface area (Å²) in [6, 6.07) is 4.09. The zero-order valence-corrected chi connectivity index (χ0v) is 16.4.